The van der Waals surface area contributed by atoms with Gasteiger partial charge in [0.1, 0.15) is 17.8 Å². The topological polar surface area (TPSA) is 95.5 Å². The third-order valence-corrected chi connectivity index (χ3v) is 4.63. The second kappa shape index (κ2) is 9.25. The molecule has 0 aliphatic carbocycles. The van der Waals surface area contributed by atoms with Crippen molar-refractivity contribution in [3.63, 3.8) is 0 Å². The molecule has 0 saturated heterocycles. The number of carbonyl (C=O) groups excluding carboxylic acids is 3. The van der Waals surface area contributed by atoms with Gasteiger partial charge in [-0.05, 0) is 31.0 Å². The molecule has 9 heteroatoms. The summed E-state index contributed by atoms with van der Waals surface area (Å²) in [5.41, 5.74) is 2.18. The third-order valence-electron chi connectivity index (χ3n) is 4.63. The molecule has 1 aliphatic heterocycles. The maximum absolute atomic E-state index is 13.3. The van der Waals surface area contributed by atoms with Crippen molar-refractivity contribution in [3.8, 4) is 11.3 Å². The standard InChI is InChI=1S/C21H22FN5O3/c1-26(2)21(30)20-14(13-28)4-3-7-27(20)12-19(29)25-17-5-6-18(24-11-17)15-8-16(22)10-23-9-15/h5-6,8-11,13H,3-4,7,12H2,1-2H3,(H,25,29). The number of hydrogen-bond donors (Lipinski definition) is 1. The predicted molar refractivity (Wildman–Crippen MR) is 109 cm³/mol. The largest absolute Gasteiger partial charge is 0.357 e. The van der Waals surface area contributed by atoms with E-state index in [1.165, 1.54) is 23.4 Å². The predicted octanol–water partition coefficient (Wildman–Crippen LogP) is 1.86. The summed E-state index contributed by atoms with van der Waals surface area (Å²) in [6, 6.07) is 4.63. The first-order valence-electron chi connectivity index (χ1n) is 9.41. The Hall–Kier alpha value is -3.62. The summed E-state index contributed by atoms with van der Waals surface area (Å²) in [6.45, 7) is 0.436. The minimum Gasteiger partial charge on any atom is -0.357 e. The van der Waals surface area contributed by atoms with Gasteiger partial charge < -0.3 is 15.1 Å². The Morgan fingerprint density at radius 1 is 1.27 bits per heavy atom. The summed E-state index contributed by atoms with van der Waals surface area (Å²) in [6.07, 6.45) is 5.96. The smallest absolute Gasteiger partial charge is 0.270 e. The zero-order chi connectivity index (χ0) is 21.7. The monoisotopic (exact) mass is 411 g/mol. The molecule has 1 N–H and O–H groups in total. The van der Waals surface area contributed by atoms with E-state index in [2.05, 4.69) is 15.3 Å². The van der Waals surface area contributed by atoms with Gasteiger partial charge in [0.25, 0.3) is 5.91 Å². The number of carbonyl (C=O) groups is 3. The van der Waals surface area contributed by atoms with Gasteiger partial charge in [-0.2, -0.15) is 0 Å². The Bertz CT molecular complexity index is 988. The van der Waals surface area contributed by atoms with Crippen LogP contribution in [0.25, 0.3) is 11.3 Å². The summed E-state index contributed by atoms with van der Waals surface area (Å²) < 4.78 is 13.3. The Labute approximate surface area is 173 Å². The van der Waals surface area contributed by atoms with Crippen molar-refractivity contribution in [2.75, 3.05) is 32.5 Å². The highest BCUT2D eigenvalue weighted by Crippen LogP contribution is 2.23. The fourth-order valence-corrected chi connectivity index (χ4v) is 3.22. The van der Waals surface area contributed by atoms with Crippen molar-refractivity contribution in [2.45, 2.75) is 12.8 Å². The summed E-state index contributed by atoms with van der Waals surface area (Å²) in [7, 11) is 3.21. The lowest BCUT2D eigenvalue weighted by molar-refractivity contribution is -0.127. The van der Waals surface area contributed by atoms with Crippen LogP contribution in [0.4, 0.5) is 10.1 Å². The van der Waals surface area contributed by atoms with E-state index in [0.717, 1.165) is 6.20 Å². The van der Waals surface area contributed by atoms with Gasteiger partial charge in [-0.15, -0.1) is 0 Å². The minimum atomic E-state index is -0.459. The molecule has 2 aromatic heterocycles. The molecule has 156 valence electrons. The Kier molecular flexibility index (Phi) is 6.51. The van der Waals surface area contributed by atoms with Crippen molar-refractivity contribution < 1.29 is 18.8 Å². The molecule has 8 nitrogen and oxygen atoms in total. The highest BCUT2D eigenvalue weighted by molar-refractivity contribution is 6.00. The first kappa shape index (κ1) is 21.1. The molecule has 3 rings (SSSR count). The molecular weight excluding hydrogens is 389 g/mol. The second-order valence-electron chi connectivity index (χ2n) is 7.09. The third kappa shape index (κ3) is 4.86. The molecule has 0 saturated carbocycles. The van der Waals surface area contributed by atoms with Crippen molar-refractivity contribution in [1.29, 1.82) is 0 Å². The summed E-state index contributed by atoms with van der Waals surface area (Å²) in [5, 5.41) is 2.73. The van der Waals surface area contributed by atoms with Gasteiger partial charge in [0.05, 0.1) is 30.3 Å². The van der Waals surface area contributed by atoms with Gasteiger partial charge in [-0.25, -0.2) is 4.39 Å². The number of likely N-dealkylation sites (N-methyl/N-ethyl adjacent to an activating group) is 1. The van der Waals surface area contributed by atoms with E-state index in [4.69, 9.17) is 0 Å². The van der Waals surface area contributed by atoms with Crippen LogP contribution in [0.15, 0.2) is 48.1 Å². The number of nitrogens with zero attached hydrogens (tertiary/aromatic N) is 4. The number of amides is 2. The van der Waals surface area contributed by atoms with Gasteiger partial charge in [-0.3, -0.25) is 24.4 Å². The molecule has 3 heterocycles. The van der Waals surface area contributed by atoms with Crippen molar-refractivity contribution in [2.24, 2.45) is 0 Å². The number of rotatable bonds is 6. The minimum absolute atomic E-state index is 0.0676. The van der Waals surface area contributed by atoms with Gasteiger partial charge >= 0.3 is 0 Å². The van der Waals surface area contributed by atoms with Gasteiger partial charge in [0, 0.05) is 38.0 Å². The number of hydrogen-bond acceptors (Lipinski definition) is 6. The molecule has 0 atom stereocenters. The highest BCUT2D eigenvalue weighted by atomic mass is 19.1. The van der Waals surface area contributed by atoms with Crippen molar-refractivity contribution in [3.05, 3.63) is 53.9 Å². The second-order valence-corrected chi connectivity index (χ2v) is 7.09. The van der Waals surface area contributed by atoms with E-state index < -0.39 is 5.82 Å². The van der Waals surface area contributed by atoms with Gasteiger partial charge in [0.2, 0.25) is 5.91 Å². The molecule has 0 spiro atoms. The zero-order valence-corrected chi connectivity index (χ0v) is 16.8. The lowest BCUT2D eigenvalue weighted by atomic mass is 10.0. The van der Waals surface area contributed by atoms with Crippen LogP contribution in [0.2, 0.25) is 0 Å². The number of anilines is 1. The quantitative estimate of drug-likeness (QED) is 0.729. The van der Waals surface area contributed by atoms with E-state index in [9.17, 15) is 18.8 Å². The summed E-state index contributed by atoms with van der Waals surface area (Å²) in [4.78, 5) is 47.5. The van der Waals surface area contributed by atoms with E-state index in [-0.39, 0.29) is 24.1 Å². The van der Waals surface area contributed by atoms with Crippen LogP contribution < -0.4 is 5.32 Å². The van der Waals surface area contributed by atoms with E-state index >= 15 is 0 Å². The first-order chi connectivity index (χ1) is 14.4. The molecule has 2 aromatic rings. The van der Waals surface area contributed by atoms with Crippen LogP contribution in [0, 0.1) is 5.82 Å². The summed E-state index contributed by atoms with van der Waals surface area (Å²) >= 11 is 0. The van der Waals surface area contributed by atoms with Crippen LogP contribution in [-0.2, 0) is 14.4 Å². The normalized spacial score (nSPS) is 13.8. The lowest BCUT2D eigenvalue weighted by Gasteiger charge is -2.32. The lowest BCUT2D eigenvalue weighted by Crippen LogP contribution is -2.42. The number of nitrogens with one attached hydrogen (secondary N) is 1. The molecule has 0 aromatic carbocycles. The molecule has 30 heavy (non-hydrogen) atoms. The highest BCUT2D eigenvalue weighted by Gasteiger charge is 2.28. The molecule has 0 radical (unpaired) electrons. The first-order valence-corrected chi connectivity index (χ1v) is 9.41. The van der Waals surface area contributed by atoms with Crippen molar-refractivity contribution in [1.82, 2.24) is 19.8 Å². The van der Waals surface area contributed by atoms with Crippen LogP contribution in [0.3, 0.4) is 0 Å². The fraction of sp³-hybridized carbons (Fsp3) is 0.286. The number of halogens is 1. The number of aromatic nitrogens is 2. The molecule has 0 unspecified atom stereocenters. The average molecular weight is 411 g/mol. The maximum Gasteiger partial charge on any atom is 0.270 e. The number of pyridine rings is 2. The Balaban J connectivity index is 1.70. The van der Waals surface area contributed by atoms with Crippen LogP contribution in [-0.4, -0.2) is 65.1 Å². The number of aldehydes is 1. The van der Waals surface area contributed by atoms with Gasteiger partial charge in [0.15, 0.2) is 0 Å². The molecule has 0 fully saturated rings. The van der Waals surface area contributed by atoms with Crippen LogP contribution >= 0.6 is 0 Å². The molecule has 0 bridgehead atoms. The van der Waals surface area contributed by atoms with E-state index in [1.807, 2.05) is 0 Å². The maximum atomic E-state index is 13.3. The number of allylic oxidation sites excluding steroid dienone is 1. The summed E-state index contributed by atoms with van der Waals surface area (Å²) in [5.74, 6) is -1.11. The fourth-order valence-electron chi connectivity index (χ4n) is 3.22. The van der Waals surface area contributed by atoms with Crippen LogP contribution in [0.5, 0.6) is 0 Å². The van der Waals surface area contributed by atoms with Crippen molar-refractivity contribution >= 4 is 23.8 Å². The molecule has 2 amide bonds. The molecule has 1 aliphatic rings. The van der Waals surface area contributed by atoms with E-state index in [0.29, 0.717) is 48.2 Å². The molecular formula is C21H22FN5O3. The Morgan fingerprint density at radius 3 is 2.70 bits per heavy atom. The van der Waals surface area contributed by atoms with Gasteiger partial charge in [-0.1, -0.05) is 0 Å². The SMILES string of the molecule is CN(C)C(=O)C1=C(C=O)CCCN1CC(=O)Nc1ccc(-c2cncc(F)c2)nc1. The Morgan fingerprint density at radius 2 is 2.07 bits per heavy atom. The average Bonchev–Trinajstić information content (AvgIpc) is 2.73. The van der Waals surface area contributed by atoms with E-state index in [1.54, 1.807) is 31.1 Å². The zero-order valence-electron chi connectivity index (χ0n) is 16.8. The van der Waals surface area contributed by atoms with Crippen LogP contribution in [0.1, 0.15) is 12.8 Å².